The van der Waals surface area contributed by atoms with Crippen molar-refractivity contribution in [2.75, 3.05) is 44.6 Å². The van der Waals surface area contributed by atoms with Gasteiger partial charge in [0.05, 0.1) is 17.3 Å². The molecule has 2 amide bonds. The standard InChI is InChI=1S/C24H30ClN3O3/c1-17(2)20-9-8-19(14-18(20)3)31-16-24(30)28-12-10-27(11-13-28)15-23(29)26-22-7-5-4-6-21(22)25/h4-9,14,17H,10-13,15-16H2,1-3H3,(H,26,29). The van der Waals surface area contributed by atoms with Crippen molar-refractivity contribution < 1.29 is 14.3 Å². The van der Waals surface area contributed by atoms with Gasteiger partial charge in [0, 0.05) is 26.2 Å². The van der Waals surface area contributed by atoms with E-state index in [1.165, 1.54) is 11.1 Å². The highest BCUT2D eigenvalue weighted by atomic mass is 35.5. The molecule has 0 unspecified atom stereocenters. The summed E-state index contributed by atoms with van der Waals surface area (Å²) in [5.74, 6) is 1.02. The summed E-state index contributed by atoms with van der Waals surface area (Å²) in [5, 5.41) is 3.35. The van der Waals surface area contributed by atoms with Crippen molar-refractivity contribution in [3.63, 3.8) is 0 Å². The molecule has 7 heteroatoms. The first-order chi connectivity index (χ1) is 14.8. The average molecular weight is 444 g/mol. The predicted molar refractivity (Wildman–Crippen MR) is 124 cm³/mol. The molecular weight excluding hydrogens is 414 g/mol. The molecule has 0 radical (unpaired) electrons. The minimum Gasteiger partial charge on any atom is -0.484 e. The number of amides is 2. The van der Waals surface area contributed by atoms with Crippen molar-refractivity contribution in [1.82, 2.24) is 9.80 Å². The molecule has 2 aromatic rings. The number of rotatable bonds is 7. The van der Waals surface area contributed by atoms with Gasteiger partial charge in [0.25, 0.3) is 5.91 Å². The molecule has 1 aliphatic rings. The number of carbonyl (C=O) groups excluding carboxylic acids is 2. The lowest BCUT2D eigenvalue weighted by Crippen LogP contribution is -2.51. The maximum Gasteiger partial charge on any atom is 0.260 e. The highest BCUT2D eigenvalue weighted by Crippen LogP contribution is 2.23. The lowest BCUT2D eigenvalue weighted by molar-refractivity contribution is -0.135. The fourth-order valence-electron chi connectivity index (χ4n) is 3.73. The Morgan fingerprint density at radius 3 is 2.45 bits per heavy atom. The summed E-state index contributed by atoms with van der Waals surface area (Å²) in [6.07, 6.45) is 0. The number of nitrogens with zero attached hydrogens (tertiary/aromatic N) is 2. The van der Waals surface area contributed by atoms with Crippen LogP contribution in [0.5, 0.6) is 5.75 Å². The Labute approximate surface area is 189 Å². The number of anilines is 1. The second kappa shape index (κ2) is 10.6. The van der Waals surface area contributed by atoms with Gasteiger partial charge in [0.1, 0.15) is 5.75 Å². The Kier molecular flexibility index (Phi) is 7.93. The molecule has 1 fully saturated rings. The van der Waals surface area contributed by atoms with Crippen LogP contribution in [0.1, 0.15) is 30.9 Å². The molecule has 0 bridgehead atoms. The van der Waals surface area contributed by atoms with E-state index < -0.39 is 0 Å². The smallest absolute Gasteiger partial charge is 0.260 e. The third-order valence-electron chi connectivity index (χ3n) is 5.47. The van der Waals surface area contributed by atoms with Crippen LogP contribution in [0.2, 0.25) is 5.02 Å². The summed E-state index contributed by atoms with van der Waals surface area (Å²) in [4.78, 5) is 28.6. The van der Waals surface area contributed by atoms with Crippen LogP contribution >= 0.6 is 11.6 Å². The average Bonchev–Trinajstić information content (AvgIpc) is 2.74. The van der Waals surface area contributed by atoms with Gasteiger partial charge in [-0.05, 0) is 48.2 Å². The molecule has 6 nitrogen and oxygen atoms in total. The van der Waals surface area contributed by atoms with E-state index in [4.69, 9.17) is 16.3 Å². The highest BCUT2D eigenvalue weighted by molar-refractivity contribution is 6.33. The Morgan fingerprint density at radius 2 is 1.81 bits per heavy atom. The van der Waals surface area contributed by atoms with E-state index in [0.717, 1.165) is 0 Å². The molecule has 1 saturated heterocycles. The van der Waals surface area contributed by atoms with Crippen molar-refractivity contribution in [2.24, 2.45) is 0 Å². The normalized spacial score (nSPS) is 14.5. The Bertz CT molecular complexity index is 924. The van der Waals surface area contributed by atoms with Gasteiger partial charge in [-0.2, -0.15) is 0 Å². The van der Waals surface area contributed by atoms with Crippen LogP contribution in [0.15, 0.2) is 42.5 Å². The Morgan fingerprint density at radius 1 is 1.10 bits per heavy atom. The topological polar surface area (TPSA) is 61.9 Å². The van der Waals surface area contributed by atoms with Crippen LogP contribution in [0.4, 0.5) is 5.69 Å². The summed E-state index contributed by atoms with van der Waals surface area (Å²) in [6.45, 7) is 9.11. The molecule has 1 heterocycles. The van der Waals surface area contributed by atoms with E-state index in [-0.39, 0.29) is 25.0 Å². The van der Waals surface area contributed by atoms with E-state index in [1.54, 1.807) is 17.0 Å². The van der Waals surface area contributed by atoms with Gasteiger partial charge in [-0.25, -0.2) is 0 Å². The fourth-order valence-corrected chi connectivity index (χ4v) is 3.92. The van der Waals surface area contributed by atoms with Crippen molar-refractivity contribution in [2.45, 2.75) is 26.7 Å². The molecule has 0 aliphatic carbocycles. The number of aryl methyl sites for hydroxylation is 1. The van der Waals surface area contributed by atoms with Crippen molar-refractivity contribution in [3.05, 3.63) is 58.6 Å². The van der Waals surface area contributed by atoms with Crippen LogP contribution in [0.3, 0.4) is 0 Å². The number of hydrogen-bond acceptors (Lipinski definition) is 4. The number of carbonyl (C=O) groups is 2. The molecule has 0 spiro atoms. The van der Waals surface area contributed by atoms with Gasteiger partial charge in [-0.3, -0.25) is 14.5 Å². The summed E-state index contributed by atoms with van der Waals surface area (Å²) in [7, 11) is 0. The molecule has 0 atom stereocenters. The molecule has 1 N–H and O–H groups in total. The van der Waals surface area contributed by atoms with Gasteiger partial charge in [0.15, 0.2) is 6.61 Å². The zero-order chi connectivity index (χ0) is 22.4. The monoisotopic (exact) mass is 443 g/mol. The SMILES string of the molecule is Cc1cc(OCC(=O)N2CCN(CC(=O)Nc3ccccc3Cl)CC2)ccc1C(C)C. The second-order valence-electron chi connectivity index (χ2n) is 8.15. The summed E-state index contributed by atoms with van der Waals surface area (Å²) in [5.41, 5.74) is 3.06. The van der Waals surface area contributed by atoms with E-state index >= 15 is 0 Å². The Balaban J connectivity index is 1.42. The van der Waals surface area contributed by atoms with Crippen LogP contribution < -0.4 is 10.1 Å². The largest absolute Gasteiger partial charge is 0.484 e. The fraction of sp³-hybridized carbons (Fsp3) is 0.417. The summed E-state index contributed by atoms with van der Waals surface area (Å²) < 4.78 is 5.72. The Hall–Kier alpha value is -2.57. The summed E-state index contributed by atoms with van der Waals surface area (Å²) >= 11 is 6.08. The van der Waals surface area contributed by atoms with E-state index in [9.17, 15) is 9.59 Å². The molecule has 2 aromatic carbocycles. The van der Waals surface area contributed by atoms with Crippen molar-refractivity contribution >= 4 is 29.1 Å². The third kappa shape index (κ3) is 6.45. The van der Waals surface area contributed by atoms with E-state index in [0.29, 0.717) is 48.6 Å². The lowest BCUT2D eigenvalue weighted by atomic mass is 9.98. The summed E-state index contributed by atoms with van der Waals surface area (Å²) in [6, 6.07) is 13.1. The molecular formula is C24H30ClN3O3. The first kappa shape index (κ1) is 23.1. The van der Waals surface area contributed by atoms with Crippen LogP contribution in [0, 0.1) is 6.92 Å². The minimum atomic E-state index is -0.114. The van der Waals surface area contributed by atoms with E-state index in [2.05, 4.69) is 32.2 Å². The zero-order valence-corrected chi connectivity index (χ0v) is 19.1. The maximum atomic E-state index is 12.5. The van der Waals surface area contributed by atoms with Gasteiger partial charge >= 0.3 is 0 Å². The number of piperazine rings is 1. The van der Waals surface area contributed by atoms with Gasteiger partial charge < -0.3 is 15.0 Å². The maximum absolute atomic E-state index is 12.5. The molecule has 166 valence electrons. The van der Waals surface area contributed by atoms with Crippen molar-refractivity contribution in [3.8, 4) is 5.75 Å². The molecule has 0 saturated carbocycles. The van der Waals surface area contributed by atoms with E-state index in [1.807, 2.05) is 29.2 Å². The van der Waals surface area contributed by atoms with Gasteiger partial charge in [0.2, 0.25) is 5.91 Å². The zero-order valence-electron chi connectivity index (χ0n) is 18.4. The van der Waals surface area contributed by atoms with Crippen molar-refractivity contribution in [1.29, 1.82) is 0 Å². The van der Waals surface area contributed by atoms with Gasteiger partial charge in [-0.15, -0.1) is 0 Å². The molecule has 3 rings (SSSR count). The van der Waals surface area contributed by atoms with Crippen LogP contribution in [-0.2, 0) is 9.59 Å². The quantitative estimate of drug-likeness (QED) is 0.704. The lowest BCUT2D eigenvalue weighted by Gasteiger charge is -2.34. The minimum absolute atomic E-state index is 0.0213. The van der Waals surface area contributed by atoms with Crippen LogP contribution in [-0.4, -0.2) is 60.9 Å². The predicted octanol–water partition coefficient (Wildman–Crippen LogP) is 3.93. The number of hydrogen-bond donors (Lipinski definition) is 1. The molecule has 0 aromatic heterocycles. The number of benzene rings is 2. The third-order valence-corrected chi connectivity index (χ3v) is 5.80. The number of ether oxygens (including phenoxy) is 1. The molecule has 1 aliphatic heterocycles. The molecule has 31 heavy (non-hydrogen) atoms. The highest BCUT2D eigenvalue weighted by Gasteiger charge is 2.23. The van der Waals surface area contributed by atoms with Gasteiger partial charge in [-0.1, -0.05) is 43.6 Å². The first-order valence-corrected chi connectivity index (χ1v) is 11.0. The number of halogens is 1. The van der Waals surface area contributed by atoms with Crippen LogP contribution in [0.25, 0.3) is 0 Å². The second-order valence-corrected chi connectivity index (χ2v) is 8.55. The number of nitrogens with one attached hydrogen (secondary N) is 1. The number of para-hydroxylation sites is 1. The first-order valence-electron chi connectivity index (χ1n) is 10.6.